The van der Waals surface area contributed by atoms with Gasteiger partial charge in [-0.2, -0.15) is 10.2 Å². The highest BCUT2D eigenvalue weighted by Crippen LogP contribution is 2.41. The van der Waals surface area contributed by atoms with Gasteiger partial charge in [0.1, 0.15) is 11.4 Å². The average molecular weight is 403 g/mol. The van der Waals surface area contributed by atoms with Crippen LogP contribution in [-0.4, -0.2) is 34.2 Å². The summed E-state index contributed by atoms with van der Waals surface area (Å²) >= 11 is 0. The minimum atomic E-state index is -0.685. The Morgan fingerprint density at radius 2 is 1.90 bits per heavy atom. The molecule has 1 aromatic carbocycles. The van der Waals surface area contributed by atoms with Crippen molar-refractivity contribution < 1.29 is 18.3 Å². The molecule has 2 heterocycles. The Bertz CT molecular complexity index is 1010. The first-order valence-corrected chi connectivity index (χ1v) is 9.40. The summed E-state index contributed by atoms with van der Waals surface area (Å²) in [6, 6.07) is 1.23. The van der Waals surface area contributed by atoms with Crippen LogP contribution in [0.3, 0.4) is 0 Å². The third kappa shape index (κ3) is 3.10. The number of aromatic amines is 1. The highest BCUT2D eigenvalue weighted by molar-refractivity contribution is 5.72. The summed E-state index contributed by atoms with van der Waals surface area (Å²) in [6.07, 6.45) is 4.10. The molecule has 0 saturated carbocycles. The summed E-state index contributed by atoms with van der Waals surface area (Å²) in [5.74, 6) is -1.81. The number of benzene rings is 1. The first-order chi connectivity index (χ1) is 14.0. The first-order valence-electron chi connectivity index (χ1n) is 9.40. The molecule has 0 amide bonds. The summed E-state index contributed by atoms with van der Waals surface area (Å²) in [4.78, 5) is 0. The number of halogens is 2. The van der Waals surface area contributed by atoms with Gasteiger partial charge in [0.25, 0.3) is 0 Å². The fourth-order valence-corrected chi connectivity index (χ4v) is 4.16. The van der Waals surface area contributed by atoms with Crippen LogP contribution in [0.5, 0.6) is 11.5 Å². The molecular formula is C20H23F2N5O2. The number of ether oxygens (including phenoxy) is 2. The van der Waals surface area contributed by atoms with Crippen LogP contribution in [0, 0.1) is 11.6 Å². The highest BCUT2D eigenvalue weighted by Gasteiger charge is 2.31. The van der Waals surface area contributed by atoms with E-state index in [4.69, 9.17) is 15.2 Å². The molecule has 1 unspecified atom stereocenters. The molecule has 3 N–H and O–H groups in total. The predicted molar refractivity (Wildman–Crippen MR) is 104 cm³/mol. The van der Waals surface area contributed by atoms with Gasteiger partial charge < -0.3 is 15.2 Å². The molecule has 9 heteroatoms. The zero-order chi connectivity index (χ0) is 20.7. The predicted octanol–water partition coefficient (Wildman–Crippen LogP) is 3.35. The lowest BCUT2D eigenvalue weighted by Gasteiger charge is -2.19. The molecule has 0 aliphatic heterocycles. The largest absolute Gasteiger partial charge is 0.494 e. The van der Waals surface area contributed by atoms with Crippen LogP contribution in [0.25, 0.3) is 11.4 Å². The highest BCUT2D eigenvalue weighted by atomic mass is 19.1. The van der Waals surface area contributed by atoms with E-state index in [1.54, 1.807) is 17.9 Å². The van der Waals surface area contributed by atoms with Gasteiger partial charge in [0, 0.05) is 29.9 Å². The van der Waals surface area contributed by atoms with Gasteiger partial charge in [-0.3, -0.25) is 9.78 Å². The number of H-pyrrole nitrogens is 1. The molecule has 4 rings (SSSR count). The number of nitrogens with one attached hydrogen (secondary N) is 1. The molecule has 7 nitrogen and oxygen atoms in total. The normalized spacial score (nSPS) is 16.4. The van der Waals surface area contributed by atoms with Crippen molar-refractivity contribution in [2.75, 3.05) is 20.0 Å². The molecule has 1 atom stereocenters. The summed E-state index contributed by atoms with van der Waals surface area (Å²) in [5, 5.41) is 11.7. The van der Waals surface area contributed by atoms with Gasteiger partial charge in [-0.05, 0) is 31.6 Å². The van der Waals surface area contributed by atoms with Crippen molar-refractivity contribution in [2.24, 2.45) is 7.05 Å². The van der Waals surface area contributed by atoms with Crippen LogP contribution >= 0.6 is 0 Å². The van der Waals surface area contributed by atoms with Crippen LogP contribution in [-0.2, 0) is 19.9 Å². The van der Waals surface area contributed by atoms with Crippen molar-refractivity contribution >= 4 is 5.69 Å². The Hall–Kier alpha value is -3.10. The zero-order valence-corrected chi connectivity index (χ0v) is 16.6. The second-order valence-corrected chi connectivity index (χ2v) is 7.22. The van der Waals surface area contributed by atoms with Crippen molar-refractivity contribution in [3.8, 4) is 22.9 Å². The number of hydrogen-bond acceptors (Lipinski definition) is 5. The number of anilines is 1. The maximum absolute atomic E-state index is 15.0. The smallest absolute Gasteiger partial charge is 0.171 e. The van der Waals surface area contributed by atoms with Gasteiger partial charge in [-0.1, -0.05) is 0 Å². The first kappa shape index (κ1) is 19.2. The van der Waals surface area contributed by atoms with E-state index in [1.165, 1.54) is 20.3 Å². The zero-order valence-electron chi connectivity index (χ0n) is 16.6. The monoisotopic (exact) mass is 403 g/mol. The number of aromatic nitrogens is 4. The quantitative estimate of drug-likeness (QED) is 0.652. The molecule has 29 heavy (non-hydrogen) atoms. The Kier molecular flexibility index (Phi) is 4.89. The lowest BCUT2D eigenvalue weighted by atomic mass is 9.90. The topological polar surface area (TPSA) is 91.0 Å². The van der Waals surface area contributed by atoms with E-state index in [-0.39, 0.29) is 23.0 Å². The van der Waals surface area contributed by atoms with Gasteiger partial charge in [0.15, 0.2) is 23.1 Å². The van der Waals surface area contributed by atoms with Gasteiger partial charge in [0.2, 0.25) is 0 Å². The fraction of sp³-hybridized carbons (Fsp3) is 0.400. The number of nitrogen functional groups attached to an aromatic ring is 1. The molecule has 0 fully saturated rings. The number of methoxy groups -OCH3 is 2. The standard InChI is InChI=1S/C20H23F2N5O2/c1-27-20(12(23)9-24-27)19-11-6-4-5-10(7-13(11)25-26-19)16-17(21)14(28-2)8-15(29-3)18(16)22/h8-10H,4-7,23H2,1-3H3,(H,25,26). The molecule has 0 radical (unpaired) electrons. The van der Waals surface area contributed by atoms with Gasteiger partial charge in [-0.25, -0.2) is 8.78 Å². The summed E-state index contributed by atoms with van der Waals surface area (Å²) < 4.78 is 41.9. The molecule has 154 valence electrons. The maximum atomic E-state index is 15.0. The molecular weight excluding hydrogens is 380 g/mol. The second kappa shape index (κ2) is 7.38. The lowest BCUT2D eigenvalue weighted by Crippen LogP contribution is -2.10. The lowest BCUT2D eigenvalue weighted by molar-refractivity contribution is 0.348. The van der Waals surface area contributed by atoms with Crippen LogP contribution < -0.4 is 15.2 Å². The Balaban J connectivity index is 1.77. The van der Waals surface area contributed by atoms with Crippen molar-refractivity contribution in [3.05, 3.63) is 40.7 Å². The van der Waals surface area contributed by atoms with Crippen LogP contribution in [0.4, 0.5) is 14.5 Å². The van der Waals surface area contributed by atoms with Crippen molar-refractivity contribution in [3.63, 3.8) is 0 Å². The van der Waals surface area contributed by atoms with E-state index < -0.39 is 11.6 Å². The molecule has 0 saturated heterocycles. The van der Waals surface area contributed by atoms with E-state index >= 15 is 8.78 Å². The van der Waals surface area contributed by atoms with Gasteiger partial charge in [-0.15, -0.1) is 0 Å². The van der Waals surface area contributed by atoms with E-state index in [0.717, 1.165) is 35.5 Å². The molecule has 0 bridgehead atoms. The molecule has 2 aromatic heterocycles. The van der Waals surface area contributed by atoms with Gasteiger partial charge in [0.05, 0.1) is 26.1 Å². The van der Waals surface area contributed by atoms with E-state index in [2.05, 4.69) is 15.3 Å². The Morgan fingerprint density at radius 3 is 2.48 bits per heavy atom. The number of fused-ring (bicyclic) bond motifs is 1. The SMILES string of the molecule is COc1cc(OC)c(F)c(C2CCCc3c(-c4c(N)cnn4C)n[nH]c3C2)c1F. The Morgan fingerprint density at radius 1 is 1.21 bits per heavy atom. The number of nitrogens with two attached hydrogens (primary N) is 1. The molecule has 1 aliphatic carbocycles. The number of hydrogen-bond donors (Lipinski definition) is 2. The minimum absolute atomic E-state index is 0.00903. The van der Waals surface area contributed by atoms with E-state index in [0.29, 0.717) is 18.5 Å². The van der Waals surface area contributed by atoms with Crippen LogP contribution in [0.1, 0.15) is 35.6 Å². The average Bonchev–Trinajstić information content (AvgIpc) is 3.16. The van der Waals surface area contributed by atoms with E-state index in [1.807, 2.05) is 0 Å². The molecule has 1 aliphatic rings. The van der Waals surface area contributed by atoms with Crippen LogP contribution in [0.2, 0.25) is 0 Å². The fourth-order valence-electron chi connectivity index (χ4n) is 4.16. The number of rotatable bonds is 4. The van der Waals surface area contributed by atoms with Crippen molar-refractivity contribution in [1.29, 1.82) is 0 Å². The van der Waals surface area contributed by atoms with Crippen molar-refractivity contribution in [2.45, 2.75) is 31.6 Å². The summed E-state index contributed by atoms with van der Waals surface area (Å²) in [5.41, 5.74) is 9.93. The summed E-state index contributed by atoms with van der Waals surface area (Å²) in [6.45, 7) is 0. The van der Waals surface area contributed by atoms with Gasteiger partial charge >= 0.3 is 0 Å². The van der Waals surface area contributed by atoms with Crippen molar-refractivity contribution in [1.82, 2.24) is 20.0 Å². The Labute approximate surface area is 166 Å². The third-order valence-electron chi connectivity index (χ3n) is 5.59. The summed E-state index contributed by atoms with van der Waals surface area (Å²) in [7, 11) is 4.51. The second-order valence-electron chi connectivity index (χ2n) is 7.22. The third-order valence-corrected chi connectivity index (χ3v) is 5.59. The van der Waals surface area contributed by atoms with Crippen LogP contribution in [0.15, 0.2) is 12.3 Å². The number of aryl methyl sites for hydroxylation is 1. The minimum Gasteiger partial charge on any atom is -0.494 e. The molecule has 0 spiro atoms. The maximum Gasteiger partial charge on any atom is 0.171 e. The van der Waals surface area contributed by atoms with E-state index in [9.17, 15) is 0 Å². The molecule has 3 aromatic rings. The number of nitrogens with zero attached hydrogens (tertiary/aromatic N) is 3.